The highest BCUT2D eigenvalue weighted by atomic mass is 32.1. The number of nitrogens with zero attached hydrogens (tertiary/aromatic N) is 3. The topological polar surface area (TPSA) is 84.4 Å². The van der Waals surface area contributed by atoms with Crippen LogP contribution in [0.2, 0.25) is 0 Å². The van der Waals surface area contributed by atoms with E-state index in [-0.39, 0.29) is 23.4 Å². The first-order valence-corrected chi connectivity index (χ1v) is 10.7. The lowest BCUT2D eigenvalue weighted by molar-refractivity contribution is -0.131. The van der Waals surface area contributed by atoms with E-state index in [1.54, 1.807) is 18.1 Å². The molecule has 1 saturated heterocycles. The summed E-state index contributed by atoms with van der Waals surface area (Å²) in [6, 6.07) is 12.9. The molecule has 31 heavy (non-hydrogen) atoms. The number of rotatable bonds is 6. The van der Waals surface area contributed by atoms with Crippen LogP contribution in [0.15, 0.2) is 48.5 Å². The lowest BCUT2D eigenvalue weighted by atomic mass is 10.1. The summed E-state index contributed by atoms with van der Waals surface area (Å²) in [5.41, 5.74) is 1.25. The predicted molar refractivity (Wildman–Crippen MR) is 115 cm³/mol. The minimum absolute atomic E-state index is 0.00799. The summed E-state index contributed by atoms with van der Waals surface area (Å²) in [7, 11) is 1.60. The molecule has 3 aromatic rings. The molecular formula is C22H21FN4O3S. The molecule has 0 spiro atoms. The Morgan fingerprint density at radius 3 is 2.77 bits per heavy atom. The van der Waals surface area contributed by atoms with Gasteiger partial charge in [-0.1, -0.05) is 29.5 Å². The molecule has 1 aliphatic rings. The van der Waals surface area contributed by atoms with Gasteiger partial charge in [-0.2, -0.15) is 0 Å². The second-order valence-electron chi connectivity index (χ2n) is 7.18. The fourth-order valence-electron chi connectivity index (χ4n) is 3.55. The van der Waals surface area contributed by atoms with Crippen LogP contribution in [0.1, 0.15) is 39.3 Å². The molecule has 1 N–H and O–H groups in total. The number of amides is 2. The van der Waals surface area contributed by atoms with Crippen molar-refractivity contribution < 1.29 is 18.7 Å². The van der Waals surface area contributed by atoms with Crippen molar-refractivity contribution in [2.45, 2.75) is 25.3 Å². The van der Waals surface area contributed by atoms with Gasteiger partial charge in [0.25, 0.3) is 5.91 Å². The van der Waals surface area contributed by atoms with Crippen LogP contribution in [-0.2, 0) is 11.2 Å². The van der Waals surface area contributed by atoms with Crippen molar-refractivity contribution in [3.05, 3.63) is 69.9 Å². The summed E-state index contributed by atoms with van der Waals surface area (Å²) < 4.78 is 18.5. The van der Waals surface area contributed by atoms with Gasteiger partial charge in [-0.05, 0) is 48.7 Å². The number of anilines is 1. The van der Waals surface area contributed by atoms with Crippen molar-refractivity contribution in [2.75, 3.05) is 19.0 Å². The lowest BCUT2D eigenvalue weighted by Crippen LogP contribution is -2.31. The third kappa shape index (κ3) is 4.88. The van der Waals surface area contributed by atoms with Gasteiger partial charge in [0.15, 0.2) is 0 Å². The number of halogens is 1. The largest absolute Gasteiger partial charge is 0.497 e. The van der Waals surface area contributed by atoms with E-state index >= 15 is 0 Å². The number of aromatic nitrogens is 2. The molecule has 1 atom stereocenters. The average Bonchev–Trinajstić information content (AvgIpc) is 3.44. The first kappa shape index (κ1) is 20.9. The van der Waals surface area contributed by atoms with E-state index in [1.807, 2.05) is 24.3 Å². The van der Waals surface area contributed by atoms with Crippen LogP contribution in [0.4, 0.5) is 10.1 Å². The van der Waals surface area contributed by atoms with E-state index in [4.69, 9.17) is 4.74 Å². The van der Waals surface area contributed by atoms with Crippen molar-refractivity contribution in [1.82, 2.24) is 15.1 Å². The van der Waals surface area contributed by atoms with E-state index in [2.05, 4.69) is 15.5 Å². The van der Waals surface area contributed by atoms with Crippen LogP contribution in [0.25, 0.3) is 0 Å². The molecule has 2 amide bonds. The molecule has 0 aliphatic carbocycles. The molecule has 1 fully saturated rings. The minimum atomic E-state index is -0.455. The van der Waals surface area contributed by atoms with E-state index in [9.17, 15) is 14.0 Å². The third-order valence-corrected chi connectivity index (χ3v) is 6.11. The molecule has 7 nitrogen and oxygen atoms in total. The van der Waals surface area contributed by atoms with Gasteiger partial charge in [0, 0.05) is 12.2 Å². The van der Waals surface area contributed by atoms with Gasteiger partial charge in [-0.15, -0.1) is 10.2 Å². The molecule has 4 rings (SSSR count). The molecule has 2 heterocycles. The molecular weight excluding hydrogens is 419 g/mol. The second-order valence-corrected chi connectivity index (χ2v) is 8.19. The van der Waals surface area contributed by atoms with Crippen molar-refractivity contribution >= 4 is 28.8 Å². The maximum absolute atomic E-state index is 13.3. The van der Waals surface area contributed by atoms with Gasteiger partial charge in [0.05, 0.1) is 19.6 Å². The predicted octanol–water partition coefficient (Wildman–Crippen LogP) is 3.84. The number of carbonyl (C=O) groups excluding carboxylic acids is 2. The quantitative estimate of drug-likeness (QED) is 0.630. The number of ether oxygens (including phenoxy) is 1. The number of benzene rings is 2. The zero-order chi connectivity index (χ0) is 21.8. The highest BCUT2D eigenvalue weighted by Crippen LogP contribution is 2.34. The molecule has 0 bridgehead atoms. The number of likely N-dealkylation sites (tertiary alicyclic amines) is 1. The fraction of sp³-hybridized carbons (Fsp3) is 0.273. The Labute approximate surface area is 182 Å². The number of nitrogens with one attached hydrogen (secondary N) is 1. The Kier molecular flexibility index (Phi) is 6.22. The molecule has 160 valence electrons. The zero-order valence-corrected chi connectivity index (χ0v) is 17.7. The zero-order valence-electron chi connectivity index (χ0n) is 16.9. The van der Waals surface area contributed by atoms with Crippen molar-refractivity contribution in [1.29, 1.82) is 0 Å². The summed E-state index contributed by atoms with van der Waals surface area (Å²) in [6.07, 6.45) is 1.92. The maximum Gasteiger partial charge on any atom is 0.286 e. The fourth-order valence-corrected chi connectivity index (χ4v) is 4.44. The smallest absolute Gasteiger partial charge is 0.286 e. The van der Waals surface area contributed by atoms with E-state index < -0.39 is 11.7 Å². The van der Waals surface area contributed by atoms with Crippen molar-refractivity contribution in [3.8, 4) is 5.75 Å². The highest BCUT2D eigenvalue weighted by molar-refractivity contribution is 7.13. The molecule has 2 aromatic carbocycles. The SMILES string of the molecule is COc1ccc(CC(=O)N2CCC[C@H]2c2nnc(C(=O)Nc3cccc(F)c3)s2)cc1. The van der Waals surface area contributed by atoms with E-state index in [1.165, 1.54) is 18.2 Å². The Bertz CT molecular complexity index is 1090. The summed E-state index contributed by atoms with van der Waals surface area (Å²) >= 11 is 1.16. The molecule has 9 heteroatoms. The number of carbonyl (C=O) groups is 2. The summed E-state index contributed by atoms with van der Waals surface area (Å²) in [5.74, 6) is -0.141. The van der Waals surface area contributed by atoms with Crippen LogP contribution >= 0.6 is 11.3 Å². The Morgan fingerprint density at radius 1 is 1.23 bits per heavy atom. The molecule has 0 saturated carbocycles. The standard InChI is InChI=1S/C22H21FN4O3S/c1-30-17-9-7-14(8-10-17)12-19(28)27-11-3-6-18(27)21-25-26-22(31-21)20(29)24-16-5-2-4-15(23)13-16/h2,4-5,7-10,13,18H,3,6,11-12H2,1H3,(H,24,29)/t18-/m0/s1. The molecule has 0 radical (unpaired) electrons. The third-order valence-electron chi connectivity index (χ3n) is 5.09. The van der Waals surface area contributed by atoms with E-state index in [0.29, 0.717) is 17.2 Å². The van der Waals surface area contributed by atoms with E-state index in [0.717, 1.165) is 35.5 Å². The molecule has 1 aromatic heterocycles. The van der Waals surface area contributed by atoms with Gasteiger partial charge in [0.1, 0.15) is 16.6 Å². The van der Waals surface area contributed by atoms with Crippen LogP contribution in [0, 0.1) is 5.82 Å². The first-order valence-electron chi connectivity index (χ1n) is 9.86. The van der Waals surface area contributed by atoms with Crippen LogP contribution < -0.4 is 10.1 Å². The summed E-state index contributed by atoms with van der Waals surface area (Å²) in [5, 5.41) is 11.6. The Balaban J connectivity index is 1.43. The van der Waals surface area contributed by atoms with Gasteiger partial charge in [0.2, 0.25) is 10.9 Å². The number of hydrogen-bond acceptors (Lipinski definition) is 6. The van der Waals surface area contributed by atoms with Gasteiger partial charge < -0.3 is 15.0 Å². The van der Waals surface area contributed by atoms with Crippen LogP contribution in [0.5, 0.6) is 5.75 Å². The van der Waals surface area contributed by atoms with Crippen LogP contribution in [0.3, 0.4) is 0 Å². The first-order chi connectivity index (χ1) is 15.0. The van der Waals surface area contributed by atoms with Gasteiger partial charge in [-0.25, -0.2) is 4.39 Å². The van der Waals surface area contributed by atoms with Crippen molar-refractivity contribution in [2.24, 2.45) is 0 Å². The monoisotopic (exact) mass is 440 g/mol. The number of methoxy groups -OCH3 is 1. The minimum Gasteiger partial charge on any atom is -0.497 e. The average molecular weight is 441 g/mol. The lowest BCUT2D eigenvalue weighted by Gasteiger charge is -2.22. The van der Waals surface area contributed by atoms with Gasteiger partial charge >= 0.3 is 0 Å². The number of hydrogen-bond donors (Lipinski definition) is 1. The Morgan fingerprint density at radius 2 is 2.03 bits per heavy atom. The van der Waals surface area contributed by atoms with Crippen molar-refractivity contribution in [3.63, 3.8) is 0 Å². The van der Waals surface area contributed by atoms with Crippen LogP contribution in [-0.4, -0.2) is 40.6 Å². The van der Waals surface area contributed by atoms with Gasteiger partial charge in [-0.3, -0.25) is 9.59 Å². The summed E-state index contributed by atoms with van der Waals surface area (Å²) in [4.78, 5) is 27.2. The second kappa shape index (κ2) is 9.22. The summed E-state index contributed by atoms with van der Waals surface area (Å²) in [6.45, 7) is 0.643. The maximum atomic E-state index is 13.3. The Hall–Kier alpha value is -3.33. The normalized spacial score (nSPS) is 15.7. The molecule has 1 aliphatic heterocycles. The highest BCUT2D eigenvalue weighted by Gasteiger charge is 2.33. The molecule has 0 unspecified atom stereocenters.